The first-order valence-corrected chi connectivity index (χ1v) is 8.49. The first-order valence-electron chi connectivity index (χ1n) is 7.61. The van der Waals surface area contributed by atoms with Gasteiger partial charge in [-0.3, -0.25) is 4.79 Å². The Bertz CT molecular complexity index is 840. The summed E-state index contributed by atoms with van der Waals surface area (Å²) < 4.78 is 1.58. The molecule has 3 aromatic rings. The summed E-state index contributed by atoms with van der Waals surface area (Å²) >= 11 is 1.37. The maximum atomic E-state index is 13.1. The van der Waals surface area contributed by atoms with Crippen LogP contribution in [0.1, 0.15) is 32.3 Å². The van der Waals surface area contributed by atoms with E-state index in [1.165, 1.54) is 11.8 Å². The highest BCUT2D eigenvalue weighted by Gasteiger charge is 2.25. The molecule has 0 aliphatic heterocycles. The van der Waals surface area contributed by atoms with Gasteiger partial charge in [-0.2, -0.15) is 0 Å². The number of ketones is 1. The predicted molar refractivity (Wildman–Crippen MR) is 94.1 cm³/mol. The first kappa shape index (κ1) is 16.4. The standard InChI is InChI=1S/C18H18N4OS/c1-12-4-8-14(9-5-12)16(23)17(15-10-6-13(2)7-11-15)24-18-19-20-21-22(18)3/h4-11,17H,1-3H3. The van der Waals surface area contributed by atoms with Crippen molar-refractivity contribution in [1.82, 2.24) is 20.2 Å². The van der Waals surface area contributed by atoms with Crippen LogP contribution in [0.5, 0.6) is 0 Å². The molecule has 1 heterocycles. The molecule has 1 unspecified atom stereocenters. The summed E-state index contributed by atoms with van der Waals surface area (Å²) in [5, 5.41) is 11.7. The highest BCUT2D eigenvalue weighted by molar-refractivity contribution is 8.00. The lowest BCUT2D eigenvalue weighted by atomic mass is 10.0. The molecule has 0 saturated carbocycles. The lowest BCUT2D eigenvalue weighted by molar-refractivity contribution is 0.0989. The second-order valence-corrected chi connectivity index (χ2v) is 6.80. The van der Waals surface area contributed by atoms with Crippen molar-refractivity contribution in [3.63, 3.8) is 0 Å². The minimum Gasteiger partial charge on any atom is -0.293 e. The molecule has 0 spiro atoms. The van der Waals surface area contributed by atoms with Crippen molar-refractivity contribution < 1.29 is 4.79 Å². The summed E-state index contributed by atoms with van der Waals surface area (Å²) in [7, 11) is 1.77. The van der Waals surface area contributed by atoms with E-state index in [-0.39, 0.29) is 5.78 Å². The second-order valence-electron chi connectivity index (χ2n) is 5.72. The van der Waals surface area contributed by atoms with Gasteiger partial charge < -0.3 is 0 Å². The Kier molecular flexibility index (Phi) is 4.76. The van der Waals surface area contributed by atoms with Gasteiger partial charge in [0.25, 0.3) is 0 Å². The average Bonchev–Trinajstić information content (AvgIpc) is 2.99. The van der Waals surface area contributed by atoms with Crippen LogP contribution in [0.3, 0.4) is 0 Å². The molecule has 0 fully saturated rings. The lowest BCUT2D eigenvalue weighted by Crippen LogP contribution is -2.11. The van der Waals surface area contributed by atoms with Crippen LogP contribution in [0, 0.1) is 13.8 Å². The molecule has 6 heteroatoms. The largest absolute Gasteiger partial charge is 0.293 e. The number of aryl methyl sites for hydroxylation is 3. The normalized spacial score (nSPS) is 12.1. The van der Waals surface area contributed by atoms with Gasteiger partial charge >= 0.3 is 0 Å². The van der Waals surface area contributed by atoms with Crippen molar-refractivity contribution in [2.45, 2.75) is 24.3 Å². The number of thioether (sulfide) groups is 1. The van der Waals surface area contributed by atoms with Crippen LogP contribution in [0.4, 0.5) is 0 Å². The molecule has 5 nitrogen and oxygen atoms in total. The summed E-state index contributed by atoms with van der Waals surface area (Å²) in [6.07, 6.45) is 0. The van der Waals surface area contributed by atoms with E-state index in [9.17, 15) is 4.79 Å². The van der Waals surface area contributed by atoms with Crippen molar-refractivity contribution in [2.75, 3.05) is 0 Å². The van der Waals surface area contributed by atoms with E-state index in [2.05, 4.69) is 15.5 Å². The summed E-state index contributed by atoms with van der Waals surface area (Å²) in [5.74, 6) is 0.0480. The van der Waals surface area contributed by atoms with Gasteiger partial charge in [0.1, 0.15) is 5.25 Å². The summed E-state index contributed by atoms with van der Waals surface area (Å²) in [6, 6.07) is 15.6. The molecule has 3 rings (SSSR count). The number of hydrogen-bond acceptors (Lipinski definition) is 5. The summed E-state index contributed by atoms with van der Waals surface area (Å²) in [5.41, 5.74) is 3.92. The van der Waals surface area contributed by atoms with E-state index < -0.39 is 5.25 Å². The quantitative estimate of drug-likeness (QED) is 0.526. The highest BCUT2D eigenvalue weighted by atomic mass is 32.2. The van der Waals surface area contributed by atoms with Crippen molar-refractivity contribution >= 4 is 17.5 Å². The number of hydrogen-bond donors (Lipinski definition) is 0. The molecule has 24 heavy (non-hydrogen) atoms. The number of nitrogens with zero attached hydrogens (tertiary/aromatic N) is 4. The van der Waals surface area contributed by atoms with Crippen molar-refractivity contribution in [1.29, 1.82) is 0 Å². The van der Waals surface area contributed by atoms with Crippen LogP contribution in [0.15, 0.2) is 53.7 Å². The van der Waals surface area contributed by atoms with Gasteiger partial charge in [-0.1, -0.05) is 71.4 Å². The van der Waals surface area contributed by atoms with Crippen LogP contribution in [-0.2, 0) is 7.05 Å². The van der Waals surface area contributed by atoms with Crippen LogP contribution < -0.4 is 0 Å². The number of Topliss-reactive ketones (excluding diaryl/α,β-unsaturated/α-hetero) is 1. The fourth-order valence-electron chi connectivity index (χ4n) is 2.31. The molecular weight excluding hydrogens is 320 g/mol. The summed E-state index contributed by atoms with van der Waals surface area (Å²) in [4.78, 5) is 13.1. The third kappa shape index (κ3) is 3.54. The second kappa shape index (κ2) is 6.97. The first-order chi connectivity index (χ1) is 11.5. The molecule has 0 saturated heterocycles. The van der Waals surface area contributed by atoms with Crippen LogP contribution in [0.25, 0.3) is 0 Å². The zero-order valence-electron chi connectivity index (χ0n) is 13.8. The molecule has 2 aromatic carbocycles. The number of benzene rings is 2. The topological polar surface area (TPSA) is 60.7 Å². The van der Waals surface area contributed by atoms with Crippen LogP contribution >= 0.6 is 11.8 Å². The number of tetrazole rings is 1. The Morgan fingerprint density at radius 2 is 1.58 bits per heavy atom. The molecule has 0 N–H and O–H groups in total. The third-order valence-electron chi connectivity index (χ3n) is 3.76. The van der Waals surface area contributed by atoms with Gasteiger partial charge in [-0.15, -0.1) is 5.10 Å². The zero-order chi connectivity index (χ0) is 17.1. The molecule has 0 bridgehead atoms. The Balaban J connectivity index is 1.97. The Morgan fingerprint density at radius 3 is 2.12 bits per heavy atom. The van der Waals surface area contributed by atoms with E-state index in [1.54, 1.807) is 11.7 Å². The zero-order valence-corrected chi connectivity index (χ0v) is 14.6. The van der Waals surface area contributed by atoms with Crippen molar-refractivity contribution in [2.24, 2.45) is 7.05 Å². The number of carbonyl (C=O) groups is 1. The van der Waals surface area contributed by atoms with Crippen LogP contribution in [-0.4, -0.2) is 26.0 Å². The Morgan fingerprint density at radius 1 is 1.00 bits per heavy atom. The minimum atomic E-state index is -0.391. The monoisotopic (exact) mass is 338 g/mol. The Hall–Kier alpha value is -2.47. The van der Waals surface area contributed by atoms with E-state index in [0.717, 1.165) is 16.7 Å². The fraction of sp³-hybridized carbons (Fsp3) is 0.222. The Labute approximate surface area is 145 Å². The summed E-state index contributed by atoms with van der Waals surface area (Å²) in [6.45, 7) is 4.03. The van der Waals surface area contributed by atoms with E-state index >= 15 is 0 Å². The molecule has 0 amide bonds. The van der Waals surface area contributed by atoms with Gasteiger partial charge in [0.15, 0.2) is 5.78 Å². The van der Waals surface area contributed by atoms with Gasteiger partial charge in [-0.25, -0.2) is 4.68 Å². The molecule has 0 aliphatic rings. The SMILES string of the molecule is Cc1ccc(C(=O)C(Sc2nnnn2C)c2ccc(C)cc2)cc1. The molecule has 1 atom stereocenters. The van der Waals surface area contributed by atoms with E-state index in [4.69, 9.17) is 0 Å². The van der Waals surface area contributed by atoms with Gasteiger partial charge in [0.05, 0.1) is 0 Å². The molecular formula is C18H18N4OS. The van der Waals surface area contributed by atoms with Crippen molar-refractivity contribution in [3.05, 3.63) is 70.8 Å². The van der Waals surface area contributed by atoms with Crippen molar-refractivity contribution in [3.8, 4) is 0 Å². The fourth-order valence-corrected chi connectivity index (χ4v) is 3.33. The number of carbonyl (C=O) groups excluding carboxylic acids is 1. The molecule has 0 radical (unpaired) electrons. The predicted octanol–water partition coefficient (Wildman–Crippen LogP) is 3.54. The molecule has 122 valence electrons. The van der Waals surface area contributed by atoms with Crippen LogP contribution in [0.2, 0.25) is 0 Å². The molecule has 1 aromatic heterocycles. The van der Waals surface area contributed by atoms with E-state index in [1.807, 2.05) is 62.4 Å². The average molecular weight is 338 g/mol. The number of aromatic nitrogens is 4. The maximum Gasteiger partial charge on any atom is 0.210 e. The van der Waals surface area contributed by atoms with Gasteiger partial charge in [0, 0.05) is 12.6 Å². The van der Waals surface area contributed by atoms with E-state index in [0.29, 0.717) is 10.7 Å². The van der Waals surface area contributed by atoms with Gasteiger partial charge in [-0.05, 0) is 29.8 Å². The number of rotatable bonds is 5. The third-order valence-corrected chi connectivity index (χ3v) is 5.04. The minimum absolute atomic E-state index is 0.0480. The smallest absolute Gasteiger partial charge is 0.210 e. The highest BCUT2D eigenvalue weighted by Crippen LogP contribution is 2.36. The lowest BCUT2D eigenvalue weighted by Gasteiger charge is -2.15. The maximum absolute atomic E-state index is 13.1. The van der Waals surface area contributed by atoms with Gasteiger partial charge in [0.2, 0.25) is 5.16 Å². The molecule has 0 aliphatic carbocycles.